The Bertz CT molecular complexity index is 1250. The summed E-state index contributed by atoms with van der Waals surface area (Å²) in [5.74, 6) is 0.579. The summed E-state index contributed by atoms with van der Waals surface area (Å²) < 4.78 is 11.1. The third kappa shape index (κ3) is 6.04. The van der Waals surface area contributed by atoms with Gasteiger partial charge in [-0.25, -0.2) is 0 Å². The summed E-state index contributed by atoms with van der Waals surface area (Å²) in [4.78, 5) is 9.63. The lowest BCUT2D eigenvalue weighted by Gasteiger charge is -2.36. The molecule has 0 aliphatic carbocycles. The number of nitrogens with zero attached hydrogens (tertiary/aromatic N) is 3. The van der Waals surface area contributed by atoms with Crippen molar-refractivity contribution in [3.05, 3.63) is 89.9 Å². The van der Waals surface area contributed by atoms with Gasteiger partial charge in [0, 0.05) is 63.2 Å². The Labute approximate surface area is 214 Å². The number of rotatable bonds is 10. The van der Waals surface area contributed by atoms with E-state index in [2.05, 4.69) is 76.3 Å². The molecule has 0 radical (unpaired) electrons. The second-order valence-corrected chi connectivity index (χ2v) is 10.0. The van der Waals surface area contributed by atoms with Gasteiger partial charge in [0.15, 0.2) is 0 Å². The van der Waals surface area contributed by atoms with Gasteiger partial charge >= 0.3 is 0 Å². The van der Waals surface area contributed by atoms with Crippen molar-refractivity contribution in [2.45, 2.75) is 32.3 Å². The van der Waals surface area contributed by atoms with Gasteiger partial charge in [-0.2, -0.15) is 0 Å². The van der Waals surface area contributed by atoms with Crippen LogP contribution >= 0.6 is 0 Å². The van der Waals surface area contributed by atoms with E-state index in [-0.39, 0.29) is 0 Å². The van der Waals surface area contributed by atoms with E-state index in [4.69, 9.17) is 9.15 Å². The number of hydrogen-bond acceptors (Lipinski definition) is 5. The summed E-state index contributed by atoms with van der Waals surface area (Å²) in [7, 11) is 1.71. The van der Waals surface area contributed by atoms with Crippen molar-refractivity contribution in [2.24, 2.45) is 0 Å². The van der Waals surface area contributed by atoms with Crippen LogP contribution in [0.4, 0.5) is 0 Å². The van der Waals surface area contributed by atoms with E-state index in [1.54, 1.807) is 7.11 Å². The normalized spacial score (nSPS) is 15.9. The molecule has 0 bridgehead atoms. The Morgan fingerprint density at radius 2 is 1.75 bits per heavy atom. The first-order chi connectivity index (χ1) is 17.7. The topological polar surface area (TPSA) is 41.7 Å². The molecule has 5 rings (SSSR count). The Morgan fingerprint density at radius 3 is 2.56 bits per heavy atom. The molecule has 1 aliphatic rings. The number of aromatic nitrogens is 1. The molecule has 0 spiro atoms. The van der Waals surface area contributed by atoms with E-state index < -0.39 is 0 Å². The number of methoxy groups -OCH3 is 1. The average molecular weight is 484 g/mol. The van der Waals surface area contributed by atoms with E-state index in [0.717, 1.165) is 74.4 Å². The summed E-state index contributed by atoms with van der Waals surface area (Å²) in [6, 6.07) is 19.5. The minimum atomic E-state index is 0.570. The van der Waals surface area contributed by atoms with Crippen LogP contribution in [0.15, 0.2) is 77.7 Å². The quantitative estimate of drug-likeness (QED) is 0.277. The van der Waals surface area contributed by atoms with Gasteiger partial charge in [0.1, 0.15) is 5.58 Å². The summed E-state index contributed by atoms with van der Waals surface area (Å²) in [5.41, 5.74) is 7.04. The summed E-state index contributed by atoms with van der Waals surface area (Å²) >= 11 is 0. The molecule has 2 aromatic carbocycles. The van der Waals surface area contributed by atoms with Crippen molar-refractivity contribution in [3.8, 4) is 11.1 Å². The molecule has 0 saturated carbocycles. The molecule has 1 saturated heterocycles. The number of hydrogen-bond donors (Lipinski definition) is 0. The van der Waals surface area contributed by atoms with E-state index in [9.17, 15) is 0 Å². The Balaban J connectivity index is 1.13. The van der Waals surface area contributed by atoms with Crippen LogP contribution in [0, 0.1) is 0 Å². The molecule has 1 fully saturated rings. The smallest absolute Gasteiger partial charge is 0.134 e. The minimum Gasteiger partial charge on any atom is -0.464 e. The largest absolute Gasteiger partial charge is 0.464 e. The number of pyridine rings is 1. The first kappa shape index (κ1) is 24.7. The van der Waals surface area contributed by atoms with Crippen molar-refractivity contribution in [1.29, 1.82) is 0 Å². The molecule has 1 atom stereocenters. The molecule has 0 amide bonds. The van der Waals surface area contributed by atoms with Crippen LogP contribution in [0.25, 0.3) is 22.1 Å². The van der Waals surface area contributed by atoms with Crippen LogP contribution in [-0.2, 0) is 17.8 Å². The van der Waals surface area contributed by atoms with Crippen LogP contribution in [-0.4, -0.2) is 61.2 Å². The highest BCUT2D eigenvalue weighted by atomic mass is 16.5. The van der Waals surface area contributed by atoms with Gasteiger partial charge < -0.3 is 19.0 Å². The van der Waals surface area contributed by atoms with Crippen LogP contribution in [0.5, 0.6) is 0 Å². The molecule has 5 heteroatoms. The predicted molar refractivity (Wildman–Crippen MR) is 146 cm³/mol. The fourth-order valence-electron chi connectivity index (χ4n) is 5.31. The van der Waals surface area contributed by atoms with Gasteiger partial charge in [0.25, 0.3) is 0 Å². The Morgan fingerprint density at radius 1 is 0.944 bits per heavy atom. The maximum absolute atomic E-state index is 5.88. The average Bonchev–Trinajstić information content (AvgIpc) is 3.33. The van der Waals surface area contributed by atoms with Gasteiger partial charge in [0.05, 0.1) is 12.9 Å². The standard InChI is InChI=1S/C31H37N3O2/c1-24(26-7-4-3-5-8-26)21-34-15-13-33(14-16-34)12-6-9-28-23-36-31-11-10-27(18-30(28)31)29-17-25(22-35-2)19-32-20-29/h3-5,7-8,10-11,17-20,23-24H,6,9,12-16,21-22H2,1-2H3/t24-/m0/s1. The highest BCUT2D eigenvalue weighted by molar-refractivity contribution is 5.86. The molecule has 0 unspecified atom stereocenters. The third-order valence-electron chi connectivity index (χ3n) is 7.38. The van der Waals surface area contributed by atoms with Gasteiger partial charge in [-0.3, -0.25) is 4.98 Å². The number of benzene rings is 2. The number of piperazine rings is 1. The fourth-order valence-corrected chi connectivity index (χ4v) is 5.31. The van der Waals surface area contributed by atoms with Crippen molar-refractivity contribution in [3.63, 3.8) is 0 Å². The van der Waals surface area contributed by atoms with Gasteiger partial charge in [-0.15, -0.1) is 0 Å². The zero-order chi connectivity index (χ0) is 24.7. The van der Waals surface area contributed by atoms with Gasteiger partial charge in [-0.05, 0) is 65.8 Å². The zero-order valence-electron chi connectivity index (χ0n) is 21.5. The molecule has 5 nitrogen and oxygen atoms in total. The Kier molecular flexibility index (Phi) is 8.11. The highest BCUT2D eigenvalue weighted by Crippen LogP contribution is 2.29. The maximum atomic E-state index is 5.88. The van der Waals surface area contributed by atoms with Crippen molar-refractivity contribution >= 4 is 11.0 Å². The van der Waals surface area contributed by atoms with E-state index in [1.807, 2.05) is 18.7 Å². The molecule has 36 heavy (non-hydrogen) atoms. The highest BCUT2D eigenvalue weighted by Gasteiger charge is 2.19. The Hall–Kier alpha value is -2.99. The molecular weight excluding hydrogens is 446 g/mol. The van der Waals surface area contributed by atoms with Crippen LogP contribution in [0.2, 0.25) is 0 Å². The molecular formula is C31H37N3O2. The molecule has 1 aliphatic heterocycles. The van der Waals surface area contributed by atoms with Gasteiger partial charge in [-0.1, -0.05) is 43.3 Å². The SMILES string of the molecule is COCc1cncc(-c2ccc3occ(CCCN4CCN(C[C@H](C)c5ccccc5)CC4)c3c2)c1. The van der Waals surface area contributed by atoms with Crippen LogP contribution < -0.4 is 0 Å². The lowest BCUT2D eigenvalue weighted by molar-refractivity contribution is 0.127. The third-order valence-corrected chi connectivity index (χ3v) is 7.38. The molecule has 2 aromatic heterocycles. The number of ether oxygens (including phenoxy) is 1. The van der Waals surface area contributed by atoms with Crippen molar-refractivity contribution < 1.29 is 9.15 Å². The number of furan rings is 1. The van der Waals surface area contributed by atoms with E-state index in [1.165, 1.54) is 16.5 Å². The lowest BCUT2D eigenvalue weighted by atomic mass is 10.0. The zero-order valence-corrected chi connectivity index (χ0v) is 21.5. The van der Waals surface area contributed by atoms with Crippen molar-refractivity contribution in [2.75, 3.05) is 46.4 Å². The number of aryl methyl sites for hydroxylation is 1. The van der Waals surface area contributed by atoms with Crippen molar-refractivity contribution in [1.82, 2.24) is 14.8 Å². The van der Waals surface area contributed by atoms with Crippen LogP contribution in [0.3, 0.4) is 0 Å². The molecule has 4 aromatic rings. The second-order valence-electron chi connectivity index (χ2n) is 10.0. The van der Waals surface area contributed by atoms with Crippen LogP contribution in [0.1, 0.15) is 36.0 Å². The van der Waals surface area contributed by atoms with E-state index in [0.29, 0.717) is 12.5 Å². The van der Waals surface area contributed by atoms with E-state index >= 15 is 0 Å². The first-order valence-electron chi connectivity index (χ1n) is 13.1. The molecule has 188 valence electrons. The molecule has 3 heterocycles. The maximum Gasteiger partial charge on any atom is 0.134 e. The predicted octanol–water partition coefficient (Wildman–Crippen LogP) is 6.00. The summed E-state index contributed by atoms with van der Waals surface area (Å²) in [6.07, 6.45) is 7.89. The monoisotopic (exact) mass is 483 g/mol. The second kappa shape index (κ2) is 11.8. The minimum absolute atomic E-state index is 0.570. The number of fused-ring (bicyclic) bond motifs is 1. The van der Waals surface area contributed by atoms with Gasteiger partial charge in [0.2, 0.25) is 0 Å². The fraction of sp³-hybridized carbons (Fsp3) is 0.387. The summed E-state index contributed by atoms with van der Waals surface area (Å²) in [6.45, 7) is 9.82. The summed E-state index contributed by atoms with van der Waals surface area (Å²) in [5, 5.41) is 1.21. The lowest BCUT2D eigenvalue weighted by Crippen LogP contribution is -2.47. The molecule has 0 N–H and O–H groups in total. The first-order valence-corrected chi connectivity index (χ1v) is 13.1.